The van der Waals surface area contributed by atoms with E-state index in [1.165, 1.54) is 18.5 Å². The highest BCUT2D eigenvalue weighted by atomic mass is 127. The third-order valence-corrected chi connectivity index (χ3v) is 5.19. The first-order valence-electron chi connectivity index (χ1n) is 9.14. The van der Waals surface area contributed by atoms with Gasteiger partial charge in [-0.3, -0.25) is 0 Å². The largest absolute Gasteiger partial charge is 0.385 e. The minimum Gasteiger partial charge on any atom is -0.385 e. The lowest BCUT2D eigenvalue weighted by molar-refractivity contribution is 0.595. The third-order valence-electron chi connectivity index (χ3n) is 3.85. The number of halogens is 2. The summed E-state index contributed by atoms with van der Waals surface area (Å²) in [6, 6.07) is 17.0. The fourth-order valence-corrected chi connectivity index (χ4v) is 3.60. The maximum Gasteiger partial charge on any atom is 0.0350 e. The summed E-state index contributed by atoms with van der Waals surface area (Å²) >= 11 is 4.68. The van der Waals surface area contributed by atoms with Crippen LogP contribution < -0.4 is 21.3 Å². The van der Waals surface area contributed by atoms with Gasteiger partial charge in [-0.1, -0.05) is 12.1 Å². The van der Waals surface area contributed by atoms with Crippen LogP contribution in [0.15, 0.2) is 48.5 Å². The second-order valence-electron chi connectivity index (χ2n) is 6.08. The van der Waals surface area contributed by atoms with Gasteiger partial charge in [0, 0.05) is 44.7 Å². The number of rotatable bonds is 13. The summed E-state index contributed by atoms with van der Waals surface area (Å²) in [7, 11) is 0. The summed E-state index contributed by atoms with van der Waals surface area (Å²) in [6.45, 7) is 6.15. The van der Waals surface area contributed by atoms with Gasteiger partial charge in [-0.2, -0.15) is 0 Å². The molecule has 4 nitrogen and oxygen atoms in total. The third kappa shape index (κ3) is 9.94. The van der Waals surface area contributed by atoms with E-state index in [9.17, 15) is 0 Å². The highest BCUT2D eigenvalue weighted by molar-refractivity contribution is 14.1. The Morgan fingerprint density at radius 1 is 0.577 bits per heavy atom. The quantitative estimate of drug-likeness (QED) is 0.211. The molecule has 0 saturated carbocycles. The van der Waals surface area contributed by atoms with Gasteiger partial charge in [-0.05, 0) is 108 Å². The van der Waals surface area contributed by atoms with Crippen molar-refractivity contribution in [2.24, 2.45) is 0 Å². The van der Waals surface area contributed by atoms with E-state index in [1.54, 1.807) is 0 Å². The normalized spacial score (nSPS) is 10.7. The maximum absolute atomic E-state index is 3.49. The molecule has 0 spiro atoms. The Balaban J connectivity index is 1.36. The van der Waals surface area contributed by atoms with Gasteiger partial charge < -0.3 is 21.3 Å². The molecule has 0 aliphatic rings. The Hall–Kier alpha value is -0.580. The zero-order valence-electron chi connectivity index (χ0n) is 15.0. The van der Waals surface area contributed by atoms with E-state index in [4.69, 9.17) is 0 Å². The van der Waals surface area contributed by atoms with Gasteiger partial charge >= 0.3 is 0 Å². The zero-order chi connectivity index (χ0) is 18.5. The fraction of sp³-hybridized carbons (Fsp3) is 0.400. The van der Waals surface area contributed by atoms with Crippen LogP contribution in [0.2, 0.25) is 0 Å². The van der Waals surface area contributed by atoms with Gasteiger partial charge in [0.05, 0.1) is 0 Å². The first kappa shape index (κ1) is 21.7. The molecule has 0 fully saturated rings. The van der Waals surface area contributed by atoms with Gasteiger partial charge in [0.2, 0.25) is 0 Å². The van der Waals surface area contributed by atoms with Crippen LogP contribution in [0, 0.1) is 7.14 Å². The van der Waals surface area contributed by atoms with Crippen molar-refractivity contribution in [1.82, 2.24) is 10.6 Å². The van der Waals surface area contributed by atoms with Crippen LogP contribution in [0.3, 0.4) is 0 Å². The SMILES string of the molecule is Ic1cccc(NCCCNCCNCCCNc2cccc(I)c2)c1. The molecule has 4 N–H and O–H groups in total. The molecule has 0 aromatic heterocycles. The Morgan fingerprint density at radius 2 is 1.04 bits per heavy atom. The van der Waals surface area contributed by atoms with Crippen molar-refractivity contribution in [2.75, 3.05) is 49.9 Å². The van der Waals surface area contributed by atoms with Crippen LogP contribution in [-0.2, 0) is 0 Å². The Bertz CT molecular complexity index is 581. The van der Waals surface area contributed by atoms with Crippen LogP contribution in [0.25, 0.3) is 0 Å². The molecular weight excluding hydrogens is 550 g/mol. The standard InChI is InChI=1S/C20H28I2N4/c21-17-5-1-7-19(15-17)25-11-3-9-23-13-14-24-10-4-12-26-20-8-2-6-18(22)16-20/h1-2,5-8,15-16,23-26H,3-4,9-14H2. The second kappa shape index (κ2) is 13.6. The van der Waals surface area contributed by atoms with E-state index in [1.807, 2.05) is 0 Å². The van der Waals surface area contributed by atoms with E-state index in [-0.39, 0.29) is 0 Å². The lowest BCUT2D eigenvalue weighted by Crippen LogP contribution is -2.29. The monoisotopic (exact) mass is 578 g/mol. The van der Waals surface area contributed by atoms with Crippen LogP contribution >= 0.6 is 45.2 Å². The summed E-state index contributed by atoms with van der Waals surface area (Å²) < 4.78 is 2.54. The molecule has 0 heterocycles. The first-order valence-corrected chi connectivity index (χ1v) is 11.3. The van der Waals surface area contributed by atoms with E-state index < -0.39 is 0 Å². The van der Waals surface area contributed by atoms with Gasteiger partial charge in [0.15, 0.2) is 0 Å². The number of hydrogen-bond donors (Lipinski definition) is 4. The molecular formula is C20H28I2N4. The lowest BCUT2D eigenvalue weighted by atomic mass is 10.3. The molecule has 0 atom stereocenters. The molecule has 6 heteroatoms. The van der Waals surface area contributed by atoms with E-state index in [0.717, 1.165) is 52.1 Å². The Morgan fingerprint density at radius 3 is 1.46 bits per heavy atom. The predicted octanol–water partition coefficient (Wildman–Crippen LogP) is 4.38. The molecule has 26 heavy (non-hydrogen) atoms. The zero-order valence-corrected chi connectivity index (χ0v) is 19.3. The number of hydrogen-bond acceptors (Lipinski definition) is 4. The molecule has 0 aliphatic heterocycles. The lowest BCUT2D eigenvalue weighted by Gasteiger charge is -2.09. The highest BCUT2D eigenvalue weighted by Gasteiger charge is 1.95. The molecule has 0 bridgehead atoms. The van der Waals surface area contributed by atoms with Crippen molar-refractivity contribution in [3.8, 4) is 0 Å². The average Bonchev–Trinajstić information content (AvgIpc) is 2.63. The molecule has 2 aromatic carbocycles. The van der Waals surface area contributed by atoms with Crippen molar-refractivity contribution >= 4 is 56.6 Å². The molecule has 0 amide bonds. The van der Waals surface area contributed by atoms with Crippen LogP contribution in [-0.4, -0.2) is 39.3 Å². The molecule has 0 aliphatic carbocycles. The van der Waals surface area contributed by atoms with E-state index in [2.05, 4.69) is 115 Å². The number of benzene rings is 2. The second-order valence-corrected chi connectivity index (χ2v) is 8.57. The van der Waals surface area contributed by atoms with E-state index >= 15 is 0 Å². The van der Waals surface area contributed by atoms with Crippen LogP contribution in [0.5, 0.6) is 0 Å². The summed E-state index contributed by atoms with van der Waals surface area (Å²) in [5.41, 5.74) is 2.41. The highest BCUT2D eigenvalue weighted by Crippen LogP contribution is 2.12. The minimum absolute atomic E-state index is 1.00. The topological polar surface area (TPSA) is 48.1 Å². The van der Waals surface area contributed by atoms with Crippen molar-refractivity contribution < 1.29 is 0 Å². The minimum atomic E-state index is 1.00. The maximum atomic E-state index is 3.49. The molecule has 0 radical (unpaired) electrons. The summed E-state index contributed by atoms with van der Waals surface area (Å²) in [4.78, 5) is 0. The Labute approximate surface area is 184 Å². The molecule has 0 unspecified atom stereocenters. The van der Waals surface area contributed by atoms with Crippen LogP contribution in [0.4, 0.5) is 11.4 Å². The van der Waals surface area contributed by atoms with Crippen molar-refractivity contribution in [1.29, 1.82) is 0 Å². The summed E-state index contributed by atoms with van der Waals surface area (Å²) in [5.74, 6) is 0. The number of anilines is 2. The van der Waals surface area contributed by atoms with Crippen molar-refractivity contribution in [2.45, 2.75) is 12.8 Å². The predicted molar refractivity (Wildman–Crippen MR) is 130 cm³/mol. The van der Waals surface area contributed by atoms with Crippen molar-refractivity contribution in [3.63, 3.8) is 0 Å². The first-order chi connectivity index (χ1) is 12.7. The van der Waals surface area contributed by atoms with Gasteiger partial charge in [0.1, 0.15) is 0 Å². The van der Waals surface area contributed by atoms with E-state index in [0.29, 0.717) is 0 Å². The smallest absolute Gasteiger partial charge is 0.0350 e. The van der Waals surface area contributed by atoms with Gasteiger partial charge in [-0.15, -0.1) is 0 Å². The fourth-order valence-electron chi connectivity index (χ4n) is 2.52. The summed E-state index contributed by atoms with van der Waals surface area (Å²) in [6.07, 6.45) is 2.26. The number of nitrogens with one attached hydrogen (secondary N) is 4. The van der Waals surface area contributed by atoms with Crippen molar-refractivity contribution in [3.05, 3.63) is 55.7 Å². The van der Waals surface area contributed by atoms with Gasteiger partial charge in [-0.25, -0.2) is 0 Å². The van der Waals surface area contributed by atoms with Crippen LogP contribution in [0.1, 0.15) is 12.8 Å². The van der Waals surface area contributed by atoms with Gasteiger partial charge in [0.25, 0.3) is 0 Å². The Kier molecular flexibility index (Phi) is 11.3. The molecule has 2 rings (SSSR count). The molecule has 142 valence electrons. The summed E-state index contributed by atoms with van der Waals surface area (Å²) in [5, 5.41) is 13.9. The average molecular weight is 578 g/mol. The molecule has 0 saturated heterocycles. The molecule has 2 aromatic rings.